The number of rotatable bonds is 18. The van der Waals surface area contributed by atoms with Crippen LogP contribution >= 0.6 is 19.4 Å². The summed E-state index contributed by atoms with van der Waals surface area (Å²) in [5, 5.41) is 28.6. The minimum Gasteiger partial charge on any atom is -0.480 e. The van der Waals surface area contributed by atoms with Crippen molar-refractivity contribution in [1.29, 1.82) is 0 Å². The number of nitrogens with zero attached hydrogens (tertiary/aromatic N) is 8. The number of carboxylic acids is 1. The van der Waals surface area contributed by atoms with Gasteiger partial charge in [-0.1, -0.05) is 23.6 Å². The molecule has 2 aromatic carbocycles. The number of β-amino-alcohol motifs (C(OH)–C–C–N with tert-alkyl or cyclic N) is 1. The highest BCUT2D eigenvalue weighted by atomic mass is 35.5. The largest absolute Gasteiger partial charge is 0.480 e. The summed E-state index contributed by atoms with van der Waals surface area (Å²) in [4.78, 5) is 77.4. The Morgan fingerprint density at radius 2 is 1.60 bits per heavy atom. The number of benzene rings is 2. The molecule has 0 radical (unpaired) electrons. The summed E-state index contributed by atoms with van der Waals surface area (Å²) >= 11 is 6.73. The number of amides is 4. The Kier molecular flexibility index (Phi) is 17.7. The highest BCUT2D eigenvalue weighted by molar-refractivity contribution is 7.93. The summed E-state index contributed by atoms with van der Waals surface area (Å²) in [5.41, 5.74) is -6.83. The van der Waals surface area contributed by atoms with E-state index in [0.29, 0.717) is 22.1 Å². The number of anilines is 1. The molecule has 5 N–H and O–H groups in total. The number of phosphoric acid groups is 1. The lowest BCUT2D eigenvalue weighted by molar-refractivity contribution is -0.143. The average molecular weight is 1320 g/mol. The number of aliphatic carboxylic acids is 1. The smallest absolute Gasteiger partial charge is 0.472 e. The fourth-order valence-corrected chi connectivity index (χ4v) is 11.6. The van der Waals surface area contributed by atoms with Gasteiger partial charge in [-0.3, -0.25) is 23.9 Å². The molecule has 5 aromatic rings. The number of aromatic nitrogens is 5. The molecular formula is C49H47ClF10N9O15PS2. The van der Waals surface area contributed by atoms with Crippen molar-refractivity contribution in [2.75, 3.05) is 43.2 Å². The molecule has 1 aliphatic heterocycles. The maximum absolute atomic E-state index is 15.7. The zero-order valence-corrected chi connectivity index (χ0v) is 48.4. The van der Waals surface area contributed by atoms with Gasteiger partial charge in [0.25, 0.3) is 5.92 Å². The van der Waals surface area contributed by atoms with E-state index in [1.165, 1.54) is 13.8 Å². The van der Waals surface area contributed by atoms with Crippen LogP contribution in [0.25, 0.3) is 22.0 Å². The second-order valence-corrected chi connectivity index (χ2v) is 27.0. The summed E-state index contributed by atoms with van der Waals surface area (Å²) in [6.45, 7) is -5.63. The third kappa shape index (κ3) is 14.4. The number of ether oxygens (including phenoxy) is 1. The molecule has 0 spiro atoms. The van der Waals surface area contributed by atoms with Crippen LogP contribution in [-0.2, 0) is 74.9 Å². The van der Waals surface area contributed by atoms with Gasteiger partial charge in [0, 0.05) is 48.0 Å². The normalized spacial score (nSPS) is 18.8. The van der Waals surface area contributed by atoms with Gasteiger partial charge in [-0.15, -0.1) is 0 Å². The molecule has 24 nitrogen and oxygen atoms in total. The number of carbonyl (C=O) groups is 4. The van der Waals surface area contributed by atoms with Crippen LogP contribution in [0.4, 0.5) is 59.3 Å². The zero-order valence-electron chi connectivity index (χ0n) is 45.1. The summed E-state index contributed by atoms with van der Waals surface area (Å²) in [7, 11) is -14.5. The number of alkyl halides is 8. The van der Waals surface area contributed by atoms with Crippen molar-refractivity contribution in [3.05, 3.63) is 93.0 Å². The van der Waals surface area contributed by atoms with Gasteiger partial charge in [0.2, 0.25) is 22.7 Å². The highest BCUT2D eigenvalue weighted by Gasteiger charge is 2.68. The first-order chi connectivity index (χ1) is 40.0. The number of carbonyl (C=O) groups excluding carboxylic acids is 3. The van der Waals surface area contributed by atoms with E-state index in [4.69, 9.17) is 21.4 Å². The first-order valence-corrected chi connectivity index (χ1v) is 30.7. The average Bonchev–Trinajstić information content (AvgIpc) is 1.52. The van der Waals surface area contributed by atoms with E-state index in [2.05, 4.69) is 41.6 Å². The molecule has 4 amide bonds. The number of sulfone groups is 1. The van der Waals surface area contributed by atoms with Crippen LogP contribution in [0.2, 0.25) is 5.02 Å². The number of halogens is 11. The molecule has 0 bridgehead atoms. The van der Waals surface area contributed by atoms with Crippen molar-refractivity contribution < 1.29 is 114 Å². The number of hydrogen-bond donors (Lipinski definition) is 5. The minimum absolute atomic E-state index is 0.126. The van der Waals surface area contributed by atoms with Crippen LogP contribution in [0.1, 0.15) is 72.6 Å². The third-order valence-electron chi connectivity index (χ3n) is 14.1. The van der Waals surface area contributed by atoms with Gasteiger partial charge in [0.05, 0.1) is 46.1 Å². The number of urea groups is 1. The molecule has 87 heavy (non-hydrogen) atoms. The van der Waals surface area contributed by atoms with Crippen LogP contribution in [0.15, 0.2) is 42.5 Å². The second-order valence-electron chi connectivity index (χ2n) is 20.9. The first kappa shape index (κ1) is 65.8. The number of likely N-dealkylation sites (tertiary alicyclic amines) is 1. The monoisotopic (exact) mass is 1320 g/mol. The Hall–Kier alpha value is -7.13. The van der Waals surface area contributed by atoms with Gasteiger partial charge in [0.15, 0.2) is 21.3 Å². The number of aliphatic hydroxyl groups is 1. The van der Waals surface area contributed by atoms with E-state index >= 15 is 8.78 Å². The second kappa shape index (κ2) is 23.4. The Morgan fingerprint density at radius 1 is 0.954 bits per heavy atom. The summed E-state index contributed by atoms with van der Waals surface area (Å²) < 4.78 is 221. The summed E-state index contributed by atoms with van der Waals surface area (Å²) in [6.07, 6.45) is -14.3. The third-order valence-corrected chi connectivity index (χ3v) is 17.8. The van der Waals surface area contributed by atoms with Gasteiger partial charge >= 0.3 is 38.3 Å². The number of aliphatic hydroxyl groups excluding tert-OH is 1. The number of pyridine rings is 1. The van der Waals surface area contributed by atoms with E-state index in [-0.39, 0.29) is 25.7 Å². The van der Waals surface area contributed by atoms with Crippen LogP contribution in [-0.4, -0.2) is 157 Å². The van der Waals surface area contributed by atoms with Crippen molar-refractivity contribution in [2.24, 2.45) is 5.92 Å². The van der Waals surface area contributed by atoms with E-state index in [9.17, 15) is 85.9 Å². The maximum atomic E-state index is 15.7. The molecule has 0 unspecified atom stereocenters. The molecule has 1 saturated carbocycles. The Bertz CT molecular complexity index is 3960. The van der Waals surface area contributed by atoms with E-state index < -0.39 is 230 Å². The van der Waals surface area contributed by atoms with Crippen molar-refractivity contribution in [3.63, 3.8) is 0 Å². The van der Waals surface area contributed by atoms with Crippen molar-refractivity contribution in [3.8, 4) is 23.0 Å². The molecule has 8 rings (SSSR count). The SMILES string of the molecule is CC(C)(C#Cc1ccc(-c2ccc(Cl)c3c(N(C(=O)N4C[C@H](O)C[C@H]4CN(CC(=O)O)C(=O)OCOP(=O)(O)O)S(C)(=O)=O)nn(CC(F)(F)F)c23)c([C@H](Cc2cc(F)cc(F)c2)NC(=O)Cn2nc(C(F)(F)F)c3c2C(F)(F)[C@@H]2C[C@H]32)n1)S(C)(=O)=O. The lowest BCUT2D eigenvalue weighted by atomic mass is 9.93. The number of sulfonamides is 1. The van der Waals surface area contributed by atoms with Crippen LogP contribution in [0.5, 0.6) is 0 Å². The van der Waals surface area contributed by atoms with Gasteiger partial charge in [-0.05, 0) is 80.8 Å². The molecule has 2 aliphatic carbocycles. The molecule has 3 aliphatic rings. The van der Waals surface area contributed by atoms with E-state index in [0.717, 1.165) is 42.7 Å². The number of fused-ring (bicyclic) bond motifs is 4. The fourth-order valence-electron chi connectivity index (χ4n) is 10.1. The summed E-state index contributed by atoms with van der Waals surface area (Å²) in [5.74, 6) is -8.49. The minimum atomic E-state index is -5.31. The quantitative estimate of drug-likeness (QED) is 0.0282. The maximum Gasteiger partial charge on any atom is 0.472 e. The Morgan fingerprint density at radius 3 is 2.18 bits per heavy atom. The Labute approximate surface area is 490 Å². The zero-order chi connectivity index (χ0) is 64.6. The molecule has 472 valence electrons. The highest BCUT2D eigenvalue weighted by Crippen LogP contribution is 2.68. The van der Waals surface area contributed by atoms with Gasteiger partial charge in [-0.2, -0.15) is 49.6 Å². The lowest BCUT2D eigenvalue weighted by Crippen LogP contribution is -2.52. The predicted molar refractivity (Wildman–Crippen MR) is 280 cm³/mol. The molecule has 2 fully saturated rings. The molecule has 38 heteroatoms. The van der Waals surface area contributed by atoms with Gasteiger partial charge in [-0.25, -0.2) is 49.3 Å². The number of carboxylic acid groups (broad SMARTS) is 1. The molecule has 1 saturated heterocycles. The van der Waals surface area contributed by atoms with Crippen molar-refractivity contribution in [2.45, 2.75) is 93.3 Å². The fraction of sp³-hybridized carbons (Fsp3) is 0.449. The molecule has 3 aromatic heterocycles. The molecule has 4 heterocycles. The van der Waals surface area contributed by atoms with E-state index in [1.54, 1.807) is 0 Å². The van der Waals surface area contributed by atoms with Gasteiger partial charge in [0.1, 0.15) is 47.4 Å². The van der Waals surface area contributed by atoms with Crippen LogP contribution < -0.4 is 9.62 Å². The lowest BCUT2D eigenvalue weighted by Gasteiger charge is -2.32. The predicted octanol–water partition coefficient (Wildman–Crippen LogP) is 6.20. The number of phosphoric ester groups is 1. The standard InChI is InChI=1S/C49H47ClF10N9O15PS2/c1-46(2,86(3,79)80)10-9-26-5-6-29(39(61-26)34(13-23-11-24(51)14-25(52)12-23)62-35(71)19-67-42-37(41(63-67)49(58,59)60)31-16-32(31)48(42,56)57)30-7-8-33(50)38-40(30)68(21-47(53,54)55)64-43(38)69(87(4,81)82)44(74)66-18-28(70)15-27(66)17-65(20-36(72)73)45(75)83-22-84-85(76,77)78/h5-8,11-12,14,27-28,31-32,34,70H,13,15-22H2,1-4H3,(H,62,71)(H,72,73)(H2,76,77,78)/t27-,28+,31-,32+,34-/m0/s1. The summed E-state index contributed by atoms with van der Waals surface area (Å²) in [6, 6.07) is 0.756. The number of hydrogen-bond acceptors (Lipinski definition) is 15. The Balaban J connectivity index is 1.32. The van der Waals surface area contributed by atoms with Crippen molar-refractivity contribution >= 4 is 80.0 Å². The van der Waals surface area contributed by atoms with E-state index in [1.807, 2.05) is 0 Å². The molecule has 5 atom stereocenters. The van der Waals surface area contributed by atoms with Crippen LogP contribution in [0, 0.1) is 29.4 Å². The topological polar surface area (TPSA) is 323 Å². The first-order valence-electron chi connectivity index (χ1n) is 25.1. The molecular weight excluding hydrogens is 1280 g/mol. The van der Waals surface area contributed by atoms with Crippen molar-refractivity contribution in [1.82, 2.24) is 39.7 Å². The number of nitrogens with one attached hydrogen (secondary N) is 1. The van der Waals surface area contributed by atoms with Crippen LogP contribution in [0.3, 0.4) is 0 Å². The van der Waals surface area contributed by atoms with Gasteiger partial charge < -0.3 is 35.0 Å².